The van der Waals surface area contributed by atoms with Crippen molar-refractivity contribution in [1.82, 2.24) is 9.97 Å². The van der Waals surface area contributed by atoms with E-state index in [4.69, 9.17) is 37.3 Å². The maximum Gasteiger partial charge on any atom is 0 e. The molecule has 0 spiro atoms. The van der Waals surface area contributed by atoms with Crippen molar-refractivity contribution >= 4 is 39.6 Å². The molecule has 5 heteroatoms. The fourth-order valence-electron chi connectivity index (χ4n) is 5.40. The number of furan rings is 1. The van der Waals surface area contributed by atoms with Crippen LogP contribution in [0.1, 0.15) is 124 Å². The van der Waals surface area contributed by atoms with Gasteiger partial charge in [-0.25, -0.2) is 0 Å². The monoisotopic (exact) mass is 943 g/mol. The van der Waals surface area contributed by atoms with Crippen molar-refractivity contribution in [2.75, 3.05) is 0 Å². The van der Waals surface area contributed by atoms with E-state index in [2.05, 4.69) is 39.4 Å². The van der Waals surface area contributed by atoms with E-state index in [9.17, 15) is 0 Å². The molecule has 0 unspecified atom stereocenters. The first-order valence-corrected chi connectivity index (χ1v) is 23.3. The van der Waals surface area contributed by atoms with Crippen LogP contribution in [0.15, 0.2) is 89.6 Å². The molecule has 3 heterocycles. The van der Waals surface area contributed by atoms with Crippen LogP contribution in [0.25, 0.3) is 44.5 Å². The van der Waals surface area contributed by atoms with Crippen LogP contribution in [0, 0.1) is 17.5 Å². The molecule has 6 rings (SSSR count). The molecule has 3 aromatic heterocycles. The van der Waals surface area contributed by atoms with Gasteiger partial charge in [0.15, 0.2) is 0 Å². The first-order chi connectivity index (χ1) is 33.1. The summed E-state index contributed by atoms with van der Waals surface area (Å²) >= 11 is -2.24. The summed E-state index contributed by atoms with van der Waals surface area (Å²) in [6.07, 6.45) is -6.70. The van der Waals surface area contributed by atoms with E-state index in [1.54, 1.807) is 0 Å². The summed E-state index contributed by atoms with van der Waals surface area (Å²) in [5, 5.41) is 0.475. The third-order valence-electron chi connectivity index (χ3n) is 7.90. The molecule has 3 nitrogen and oxygen atoms in total. The Balaban J connectivity index is 0.000000423. The van der Waals surface area contributed by atoms with E-state index in [-0.39, 0.29) is 53.3 Å². The van der Waals surface area contributed by atoms with Gasteiger partial charge in [0, 0.05) is 61.8 Å². The Kier molecular flexibility index (Phi) is 5.87. The van der Waals surface area contributed by atoms with Crippen molar-refractivity contribution < 1.29 is 57.4 Å². The Morgan fingerprint density at radius 1 is 0.804 bits per heavy atom. The van der Waals surface area contributed by atoms with Crippen LogP contribution >= 0.6 is 0 Å². The first-order valence-electron chi connectivity index (χ1n) is 27.9. The van der Waals surface area contributed by atoms with Gasteiger partial charge in [-0.2, -0.15) is 0 Å². The Morgan fingerprint density at radius 3 is 2.24 bits per heavy atom. The molecule has 51 heavy (non-hydrogen) atoms. The van der Waals surface area contributed by atoms with Crippen LogP contribution < -0.4 is 4.40 Å². The third-order valence-corrected chi connectivity index (χ3v) is 12.1. The zero-order valence-corrected chi connectivity index (χ0v) is 33.7. The van der Waals surface area contributed by atoms with Crippen molar-refractivity contribution in [2.24, 2.45) is 5.41 Å². The molecule has 3 aromatic carbocycles. The summed E-state index contributed by atoms with van der Waals surface area (Å²) in [6, 6.07) is 23.3. The van der Waals surface area contributed by atoms with Gasteiger partial charge in [-0.3, -0.25) is 0 Å². The van der Waals surface area contributed by atoms with E-state index in [0.29, 0.717) is 0 Å². The topological polar surface area (TPSA) is 38.9 Å². The van der Waals surface area contributed by atoms with Gasteiger partial charge in [0.2, 0.25) is 0 Å². The number of hydrogen-bond acceptors (Lipinski definition) is 3. The van der Waals surface area contributed by atoms with Crippen molar-refractivity contribution in [3.63, 3.8) is 0 Å². The predicted octanol–water partition coefficient (Wildman–Crippen LogP) is 12.5. The van der Waals surface area contributed by atoms with Gasteiger partial charge < -0.3 is 9.40 Å². The minimum atomic E-state index is -4.05. The summed E-state index contributed by atoms with van der Waals surface area (Å²) in [7, 11) is 0. The van der Waals surface area contributed by atoms with Gasteiger partial charge in [-0.15, -0.1) is 18.2 Å². The summed E-state index contributed by atoms with van der Waals surface area (Å²) in [5.74, 6) is 6.86. The van der Waals surface area contributed by atoms with Crippen molar-refractivity contribution in [1.29, 1.82) is 0 Å². The van der Waals surface area contributed by atoms with Crippen LogP contribution in [0.5, 0.6) is 0 Å². The van der Waals surface area contributed by atoms with E-state index < -0.39 is 101 Å². The number of rotatable bonds is 7. The molecule has 0 bridgehead atoms. The van der Waals surface area contributed by atoms with Crippen LogP contribution in [-0.4, -0.2) is 23.2 Å². The minimum Gasteiger partial charge on any atom is 0 e. The molecule has 0 saturated carbocycles. The number of pyridine rings is 2. The van der Waals surface area contributed by atoms with Gasteiger partial charge in [0.1, 0.15) is 5.58 Å². The second-order valence-corrected chi connectivity index (χ2v) is 24.7. The zero-order valence-electron chi connectivity index (χ0n) is 53.2. The molecule has 271 valence electrons. The van der Waals surface area contributed by atoms with Gasteiger partial charge in [-0.1, -0.05) is 70.3 Å². The van der Waals surface area contributed by atoms with Crippen LogP contribution in [0.3, 0.4) is 0 Å². The summed E-state index contributed by atoms with van der Waals surface area (Å²) in [6.45, 7) is -16.5. The zero-order chi connectivity index (χ0) is 56.9. The number of aromatic nitrogens is 2. The van der Waals surface area contributed by atoms with Crippen LogP contribution in [0.4, 0.5) is 0 Å². The second kappa shape index (κ2) is 15.9. The number of nitrogens with zero attached hydrogens (tertiary/aromatic N) is 2. The summed E-state index contributed by atoms with van der Waals surface area (Å²) in [5.41, 5.74) is -7.43. The van der Waals surface area contributed by atoms with E-state index in [1.807, 2.05) is 57.3 Å². The van der Waals surface area contributed by atoms with Gasteiger partial charge in [-0.05, 0) is 52.5 Å². The third kappa shape index (κ3) is 9.50. The number of benzene rings is 3. The molecule has 0 N–H and O–H groups in total. The maximum atomic E-state index is 8.76. The SMILES string of the molecule is [2H]C([2H])([2H])C([2H])([2H])C(c1ccnc(-c2[c-]ccc3c2oc2cc(C(C([2H])([2H])[2H])(C([2H])([2H])[2H])C([2H])([2H])[2H])ccc23)c1)(C([2H])([2H])[2H])C([2H])([2H])C([2H])([2H])[2H].[2H]C([2H])(c1cc(-c2[c-]cccc2)nc[c]1[Ge]([CH3])([CH3])[CH3])C(C)(C)C.[Ir]. The Morgan fingerprint density at radius 2 is 1.59 bits per heavy atom. The molecule has 0 atom stereocenters. The van der Waals surface area contributed by atoms with Crippen LogP contribution in [0.2, 0.25) is 17.3 Å². The normalized spacial score (nSPS) is 21.7. The standard InChI is InChI=1S/C27H30NO.C19H26GeN.Ir/c1-7-27(6,8-2)19-14-15-28-23(16-19)22-11-9-10-21-20-13-12-18(26(3,4)5)17-24(20)29-25(21)22;1-19(2,3)13-16-12-18(15-10-8-7-9-11-15)21-14-17(16)20(4,5)6;/h9-10,12-17H,7-8H2,1-6H3;7-10,12,14H,13H2,1-6H3;/q2*-1;/i1D3,2D3,3D3,4D3,5D3,6D3,7D2,8D2;13D2;. The Labute approximate surface area is 357 Å². The molecule has 0 aliphatic rings. The smallest absolute Gasteiger partial charge is 0 e. The van der Waals surface area contributed by atoms with Gasteiger partial charge in [0.25, 0.3) is 0 Å². The van der Waals surface area contributed by atoms with Gasteiger partial charge >= 0.3 is 135 Å². The average Bonchev–Trinajstić information content (AvgIpc) is 3.59. The summed E-state index contributed by atoms with van der Waals surface area (Å²) < 4.78 is 204. The average molecular weight is 942 g/mol. The Hall–Kier alpha value is -3.05. The minimum absolute atomic E-state index is 0. The molecule has 0 saturated heterocycles. The van der Waals surface area contributed by atoms with Crippen molar-refractivity contribution in [2.45, 2.75) is 109 Å². The molecular formula is C46H56GeIrN2O-2. The van der Waals surface area contributed by atoms with E-state index in [0.717, 1.165) is 51.7 Å². The Bertz CT molecular complexity index is 2930. The molecule has 0 fully saturated rings. The number of fused-ring (bicyclic) bond motifs is 3. The molecular weight excluding hydrogens is 861 g/mol. The molecule has 0 aliphatic heterocycles. The molecule has 0 amide bonds. The van der Waals surface area contributed by atoms with E-state index in [1.165, 1.54) is 18.2 Å². The quantitative estimate of drug-likeness (QED) is 0.118. The van der Waals surface area contributed by atoms with Crippen LogP contribution in [-0.2, 0) is 37.3 Å². The summed E-state index contributed by atoms with van der Waals surface area (Å²) in [4.78, 5) is 8.76. The second-order valence-electron chi connectivity index (χ2n) is 14.1. The fourth-order valence-corrected chi connectivity index (χ4v) is 8.33. The first kappa shape index (κ1) is 18.8. The molecule has 6 aromatic rings. The molecule has 1 radical (unpaired) electrons. The predicted molar refractivity (Wildman–Crippen MR) is 217 cm³/mol. The van der Waals surface area contributed by atoms with E-state index >= 15 is 0 Å². The molecule has 0 aliphatic carbocycles. The maximum absolute atomic E-state index is 8.76. The fraction of sp³-hybridized carbons (Fsp3) is 0.391. The van der Waals surface area contributed by atoms with Crippen molar-refractivity contribution in [3.8, 4) is 22.5 Å². The number of hydrogen-bond donors (Lipinski definition) is 0. The largest absolute Gasteiger partial charge is 0 e. The van der Waals surface area contributed by atoms with Crippen molar-refractivity contribution in [3.05, 3.63) is 114 Å². The van der Waals surface area contributed by atoms with Gasteiger partial charge in [0.05, 0.1) is 5.58 Å².